The van der Waals surface area contributed by atoms with Crippen molar-refractivity contribution < 1.29 is 8.78 Å². The molecular formula is C10H8F2N4. The smallest absolute Gasteiger partial charge is 0.236 e. The number of aromatic nitrogens is 2. The Labute approximate surface area is 89.9 Å². The number of nitrogen functional groups attached to an aromatic ring is 2. The number of hydrogen-bond acceptors (Lipinski definition) is 4. The number of anilines is 2. The fourth-order valence-corrected chi connectivity index (χ4v) is 1.18. The summed E-state index contributed by atoms with van der Waals surface area (Å²) in [7, 11) is 0. The largest absolute Gasteiger partial charge is 0.395 e. The second kappa shape index (κ2) is 3.73. The number of nitrogens with zero attached hydrogens (tertiary/aromatic N) is 2. The van der Waals surface area contributed by atoms with Crippen LogP contribution in [0.15, 0.2) is 24.3 Å². The van der Waals surface area contributed by atoms with Crippen LogP contribution in [0.5, 0.6) is 0 Å². The molecule has 0 unspecified atom stereocenters. The van der Waals surface area contributed by atoms with Gasteiger partial charge in [0, 0.05) is 0 Å². The number of pyridine rings is 2. The maximum atomic E-state index is 13.1. The van der Waals surface area contributed by atoms with Crippen LogP contribution in [-0.4, -0.2) is 9.97 Å². The summed E-state index contributed by atoms with van der Waals surface area (Å²) < 4.78 is 26.1. The second-order valence-corrected chi connectivity index (χ2v) is 3.15. The molecule has 2 heterocycles. The lowest BCUT2D eigenvalue weighted by Crippen LogP contribution is -1.99. The highest BCUT2D eigenvalue weighted by Gasteiger charge is 2.08. The maximum absolute atomic E-state index is 13.1. The van der Waals surface area contributed by atoms with Gasteiger partial charge in [-0.25, -0.2) is 9.97 Å². The van der Waals surface area contributed by atoms with E-state index in [0.717, 1.165) is 0 Å². The molecule has 0 saturated heterocycles. The molecule has 0 aliphatic rings. The van der Waals surface area contributed by atoms with Crippen LogP contribution in [0.1, 0.15) is 0 Å². The summed E-state index contributed by atoms with van der Waals surface area (Å²) in [5.74, 6) is -1.62. The van der Waals surface area contributed by atoms with Gasteiger partial charge >= 0.3 is 0 Å². The minimum Gasteiger partial charge on any atom is -0.395 e. The summed E-state index contributed by atoms with van der Waals surface area (Å²) in [5, 5.41) is 0. The van der Waals surface area contributed by atoms with Crippen LogP contribution in [0.2, 0.25) is 0 Å². The minimum absolute atomic E-state index is 0.0698. The molecule has 0 aromatic carbocycles. The number of halogens is 2. The van der Waals surface area contributed by atoms with Crippen molar-refractivity contribution in [3.8, 4) is 11.4 Å². The highest BCUT2D eigenvalue weighted by Crippen LogP contribution is 2.19. The van der Waals surface area contributed by atoms with Crippen LogP contribution >= 0.6 is 0 Å². The molecule has 0 bridgehead atoms. The number of hydrogen-bond donors (Lipinski definition) is 2. The lowest BCUT2D eigenvalue weighted by atomic mass is 10.2. The van der Waals surface area contributed by atoms with Gasteiger partial charge in [-0.3, -0.25) is 0 Å². The van der Waals surface area contributed by atoms with Gasteiger partial charge in [-0.1, -0.05) is 0 Å². The monoisotopic (exact) mass is 222 g/mol. The average Bonchev–Trinajstić information content (AvgIpc) is 2.26. The Balaban J connectivity index is 2.50. The Morgan fingerprint density at radius 2 is 1.12 bits per heavy atom. The highest BCUT2D eigenvalue weighted by atomic mass is 19.1. The zero-order valence-electron chi connectivity index (χ0n) is 8.11. The van der Waals surface area contributed by atoms with Crippen LogP contribution in [0, 0.1) is 11.9 Å². The van der Waals surface area contributed by atoms with Gasteiger partial charge < -0.3 is 11.5 Å². The Bertz CT molecular complexity index is 493. The van der Waals surface area contributed by atoms with E-state index in [1.54, 1.807) is 0 Å². The van der Waals surface area contributed by atoms with Crippen molar-refractivity contribution in [2.45, 2.75) is 0 Å². The van der Waals surface area contributed by atoms with E-state index in [4.69, 9.17) is 11.5 Å². The van der Waals surface area contributed by atoms with Crippen molar-refractivity contribution in [3.63, 3.8) is 0 Å². The SMILES string of the molecule is Nc1ccc(-c2ccc(N)c(F)n2)nc1F. The van der Waals surface area contributed by atoms with E-state index in [9.17, 15) is 8.78 Å². The van der Waals surface area contributed by atoms with Crippen molar-refractivity contribution in [1.82, 2.24) is 9.97 Å². The standard InChI is InChI=1S/C10H8F2N4/c11-9-5(13)1-3-7(15-9)8-4-2-6(14)10(12)16-8/h1-4H,13-14H2. The second-order valence-electron chi connectivity index (χ2n) is 3.15. The quantitative estimate of drug-likeness (QED) is 0.718. The van der Waals surface area contributed by atoms with Gasteiger partial charge in [0.2, 0.25) is 11.9 Å². The number of nitrogens with two attached hydrogens (primary N) is 2. The normalized spacial score (nSPS) is 10.4. The highest BCUT2D eigenvalue weighted by molar-refractivity contribution is 5.58. The van der Waals surface area contributed by atoms with E-state index in [0.29, 0.717) is 0 Å². The Hall–Kier alpha value is -2.24. The first-order chi connectivity index (χ1) is 7.58. The molecule has 0 spiro atoms. The third-order valence-corrected chi connectivity index (χ3v) is 2.02. The van der Waals surface area contributed by atoms with Crippen molar-refractivity contribution in [3.05, 3.63) is 36.2 Å². The van der Waals surface area contributed by atoms with E-state index in [2.05, 4.69) is 9.97 Å². The van der Waals surface area contributed by atoms with Crippen molar-refractivity contribution in [2.24, 2.45) is 0 Å². The first-order valence-corrected chi connectivity index (χ1v) is 4.42. The first kappa shape index (κ1) is 10.3. The van der Waals surface area contributed by atoms with Crippen molar-refractivity contribution in [2.75, 3.05) is 11.5 Å². The molecule has 16 heavy (non-hydrogen) atoms. The summed E-state index contributed by atoms with van der Waals surface area (Å²) >= 11 is 0. The molecule has 4 N–H and O–H groups in total. The van der Waals surface area contributed by atoms with Crippen LogP contribution in [0.4, 0.5) is 20.2 Å². The molecule has 0 saturated carbocycles. The zero-order chi connectivity index (χ0) is 11.7. The van der Waals surface area contributed by atoms with Crippen LogP contribution in [0.3, 0.4) is 0 Å². The Morgan fingerprint density at radius 3 is 1.44 bits per heavy atom. The van der Waals surface area contributed by atoms with Gasteiger partial charge in [-0.2, -0.15) is 8.78 Å². The summed E-state index contributed by atoms with van der Waals surface area (Å²) in [6, 6.07) is 5.59. The van der Waals surface area contributed by atoms with Crippen molar-refractivity contribution in [1.29, 1.82) is 0 Å². The summed E-state index contributed by atoms with van der Waals surface area (Å²) in [6.07, 6.45) is 0. The topological polar surface area (TPSA) is 77.8 Å². The number of rotatable bonds is 1. The lowest BCUT2D eigenvalue weighted by molar-refractivity contribution is 0.584. The minimum atomic E-state index is -0.809. The molecule has 2 aromatic rings. The molecule has 0 aliphatic carbocycles. The van der Waals surface area contributed by atoms with Crippen LogP contribution in [0.25, 0.3) is 11.4 Å². The van der Waals surface area contributed by atoms with Gasteiger partial charge in [-0.05, 0) is 24.3 Å². The average molecular weight is 222 g/mol. The molecule has 4 nitrogen and oxygen atoms in total. The van der Waals surface area contributed by atoms with Crippen LogP contribution < -0.4 is 11.5 Å². The van der Waals surface area contributed by atoms with E-state index in [-0.39, 0.29) is 22.8 Å². The fraction of sp³-hybridized carbons (Fsp3) is 0. The summed E-state index contributed by atoms with van der Waals surface area (Å²) in [4.78, 5) is 7.10. The Kier molecular flexibility index (Phi) is 2.40. The van der Waals surface area contributed by atoms with Gasteiger partial charge in [0.15, 0.2) is 0 Å². The predicted molar refractivity (Wildman–Crippen MR) is 56.2 cm³/mol. The van der Waals surface area contributed by atoms with Crippen LogP contribution in [-0.2, 0) is 0 Å². The molecular weight excluding hydrogens is 214 g/mol. The molecule has 82 valence electrons. The predicted octanol–water partition coefficient (Wildman–Crippen LogP) is 1.59. The zero-order valence-corrected chi connectivity index (χ0v) is 8.11. The van der Waals surface area contributed by atoms with E-state index >= 15 is 0 Å². The van der Waals surface area contributed by atoms with E-state index < -0.39 is 11.9 Å². The van der Waals surface area contributed by atoms with E-state index in [1.807, 2.05) is 0 Å². The van der Waals surface area contributed by atoms with Gasteiger partial charge in [0.05, 0.1) is 22.8 Å². The van der Waals surface area contributed by atoms with E-state index in [1.165, 1.54) is 24.3 Å². The first-order valence-electron chi connectivity index (χ1n) is 4.42. The molecule has 0 amide bonds. The summed E-state index contributed by atoms with van der Waals surface area (Å²) in [5.41, 5.74) is 10.8. The lowest BCUT2D eigenvalue weighted by Gasteiger charge is -2.02. The molecule has 6 heteroatoms. The van der Waals surface area contributed by atoms with Gasteiger partial charge in [-0.15, -0.1) is 0 Å². The van der Waals surface area contributed by atoms with Gasteiger partial charge in [0.1, 0.15) is 0 Å². The maximum Gasteiger partial charge on any atom is 0.236 e. The molecule has 0 aliphatic heterocycles. The molecule has 2 aromatic heterocycles. The third-order valence-electron chi connectivity index (χ3n) is 2.02. The molecule has 0 radical (unpaired) electrons. The Morgan fingerprint density at radius 1 is 0.750 bits per heavy atom. The molecule has 2 rings (SSSR count). The summed E-state index contributed by atoms with van der Waals surface area (Å²) in [6.45, 7) is 0. The van der Waals surface area contributed by atoms with Crippen molar-refractivity contribution >= 4 is 11.4 Å². The molecule has 0 atom stereocenters. The van der Waals surface area contributed by atoms with Gasteiger partial charge in [0.25, 0.3) is 0 Å². The fourth-order valence-electron chi connectivity index (χ4n) is 1.18. The molecule has 0 fully saturated rings. The third kappa shape index (κ3) is 1.77.